The lowest BCUT2D eigenvalue weighted by Crippen LogP contribution is -2.47. The smallest absolute Gasteiger partial charge is 0.291 e. The van der Waals surface area contributed by atoms with Crippen LogP contribution in [0.4, 0.5) is 14.5 Å². The summed E-state index contributed by atoms with van der Waals surface area (Å²) in [7, 11) is 1.64. The fourth-order valence-electron chi connectivity index (χ4n) is 6.32. The lowest BCUT2D eigenvalue weighted by atomic mass is 9.74. The van der Waals surface area contributed by atoms with Crippen molar-refractivity contribution in [1.29, 1.82) is 0 Å². The molecular formula is C28H32F2N6O4S2. The maximum Gasteiger partial charge on any atom is 0.291 e. The molecule has 3 aromatic heterocycles. The van der Waals surface area contributed by atoms with Crippen LogP contribution in [0.5, 0.6) is 0 Å². The number of alkyl halides is 2. The normalized spacial score (nSPS) is 27.8. The molecule has 14 heteroatoms. The molecule has 2 aliphatic heterocycles. The standard InChI is InChI=1S/C28H32F2N6O4S2/c1-15-21(38)27(14-40-15)6-8-35(9-7-27)18-10-17(42-34-26(2)11-16(26)13-37)12-36-19(24-32-33-25(41-24)22(29)30)20(31-23(18)36)28(39-3)4-5-28/h10,12,15,21-22,34,38H,4-9,11,14H2,1-3H3/t15-,21?,26?/m0/s1. The van der Waals surface area contributed by atoms with E-state index < -0.39 is 23.7 Å². The van der Waals surface area contributed by atoms with Gasteiger partial charge in [-0.15, -0.1) is 10.2 Å². The number of ether oxygens (including phenoxy) is 2. The third kappa shape index (κ3) is 4.50. The van der Waals surface area contributed by atoms with E-state index >= 15 is 0 Å². The Morgan fingerprint density at radius 1 is 1.29 bits per heavy atom. The van der Waals surface area contributed by atoms with Crippen molar-refractivity contribution in [2.75, 3.05) is 31.7 Å². The van der Waals surface area contributed by atoms with Crippen molar-refractivity contribution in [1.82, 2.24) is 24.3 Å². The third-order valence-electron chi connectivity index (χ3n) is 9.43. The number of aromatic nitrogens is 4. The maximum absolute atomic E-state index is 13.6. The van der Waals surface area contributed by atoms with Crippen molar-refractivity contribution in [3.05, 3.63) is 28.5 Å². The van der Waals surface area contributed by atoms with Crippen molar-refractivity contribution in [3.63, 3.8) is 0 Å². The van der Waals surface area contributed by atoms with Crippen molar-refractivity contribution < 1.29 is 28.2 Å². The Morgan fingerprint density at radius 2 is 2.05 bits per heavy atom. The summed E-state index contributed by atoms with van der Waals surface area (Å²) in [6.07, 6.45) is 2.21. The molecule has 4 fully saturated rings. The van der Waals surface area contributed by atoms with Gasteiger partial charge >= 0.3 is 0 Å². The first-order chi connectivity index (χ1) is 20.1. The lowest BCUT2D eigenvalue weighted by Gasteiger charge is -2.41. The van der Waals surface area contributed by atoms with Crippen LogP contribution in [-0.2, 0) is 19.9 Å². The highest BCUT2D eigenvalue weighted by molar-refractivity contribution is 7.97. The molecule has 2 saturated carbocycles. The molecule has 5 heterocycles. The highest BCUT2D eigenvalue weighted by Gasteiger charge is 2.51. The monoisotopic (exact) mass is 618 g/mol. The summed E-state index contributed by atoms with van der Waals surface area (Å²) >= 11 is 2.27. The molecule has 10 nitrogen and oxygen atoms in total. The largest absolute Gasteiger partial charge is 0.390 e. The fourth-order valence-corrected chi connectivity index (χ4v) is 7.92. The zero-order valence-corrected chi connectivity index (χ0v) is 25.2. The molecule has 0 bridgehead atoms. The molecule has 0 radical (unpaired) electrons. The van der Waals surface area contributed by atoms with Crippen LogP contribution in [0.15, 0.2) is 22.7 Å². The van der Waals surface area contributed by atoms with Gasteiger partial charge in [-0.3, -0.25) is 4.40 Å². The number of imidazole rings is 1. The molecule has 3 atom stereocenters. The fraction of sp³-hybridized carbons (Fsp3) is 0.607. The summed E-state index contributed by atoms with van der Waals surface area (Å²) in [5.74, 6) is 2.01. The molecular weight excluding hydrogens is 586 g/mol. The van der Waals surface area contributed by atoms with Crippen LogP contribution in [0.3, 0.4) is 0 Å². The number of rotatable bonds is 8. The van der Waals surface area contributed by atoms with Gasteiger partial charge < -0.3 is 19.5 Å². The molecule has 2 saturated heterocycles. The van der Waals surface area contributed by atoms with Crippen LogP contribution in [-0.4, -0.2) is 75.2 Å². The predicted octanol–water partition coefficient (Wildman–Crippen LogP) is 4.31. The first-order valence-corrected chi connectivity index (χ1v) is 15.7. The number of aliphatic hydroxyl groups is 1. The van der Waals surface area contributed by atoms with E-state index in [4.69, 9.17) is 14.5 Å². The Kier molecular flexibility index (Phi) is 6.78. The Hall–Kier alpha value is -2.45. The molecule has 2 N–H and O–H groups in total. The average Bonchev–Trinajstić information content (AvgIpc) is 3.75. The van der Waals surface area contributed by atoms with E-state index in [1.165, 1.54) is 11.9 Å². The van der Waals surface area contributed by atoms with E-state index in [2.05, 4.69) is 25.9 Å². The second-order valence-electron chi connectivity index (χ2n) is 12.1. The van der Waals surface area contributed by atoms with Gasteiger partial charge in [0.05, 0.1) is 30.0 Å². The first-order valence-electron chi connectivity index (χ1n) is 14.1. The number of fused-ring (bicyclic) bond motifs is 1. The number of aliphatic hydroxyl groups excluding tert-OH is 1. The predicted molar refractivity (Wildman–Crippen MR) is 153 cm³/mol. The zero-order chi connectivity index (χ0) is 29.4. The van der Waals surface area contributed by atoms with Gasteiger partial charge in [0, 0.05) is 48.7 Å². The Bertz CT molecular complexity index is 1590. The van der Waals surface area contributed by atoms with Crippen molar-refractivity contribution >= 4 is 40.6 Å². The minimum absolute atomic E-state index is 0.186. The van der Waals surface area contributed by atoms with Crippen LogP contribution in [0.2, 0.25) is 0 Å². The summed E-state index contributed by atoms with van der Waals surface area (Å²) in [6, 6.07) is 2.07. The van der Waals surface area contributed by atoms with Gasteiger partial charge in [0.15, 0.2) is 15.7 Å². The molecule has 4 aliphatic rings. The average molecular weight is 619 g/mol. The van der Waals surface area contributed by atoms with Gasteiger partial charge in [0.1, 0.15) is 22.9 Å². The molecule has 42 heavy (non-hydrogen) atoms. The van der Waals surface area contributed by atoms with E-state index in [1.54, 1.807) is 7.11 Å². The van der Waals surface area contributed by atoms with E-state index in [-0.39, 0.29) is 16.5 Å². The Morgan fingerprint density at radius 3 is 2.62 bits per heavy atom. The van der Waals surface area contributed by atoms with Gasteiger partial charge in [0.25, 0.3) is 6.43 Å². The van der Waals surface area contributed by atoms with Gasteiger partial charge in [-0.2, -0.15) is 0 Å². The topological polar surface area (TPSA) is 114 Å². The first kappa shape index (κ1) is 28.3. The number of methoxy groups -OCH3 is 1. The van der Waals surface area contributed by atoms with Crippen LogP contribution in [0.1, 0.15) is 63.1 Å². The molecule has 0 amide bonds. The minimum Gasteiger partial charge on any atom is -0.390 e. The molecule has 2 aliphatic carbocycles. The SMILES string of the molecule is COC1(c2nc3c(N4CCC5(CC4)CO[C@@H](C)C5O)cc(SNC4(C)CC4=C=O)cn3c2-c2nnc(C(F)F)s2)CC1. The molecule has 0 aromatic carbocycles. The van der Waals surface area contributed by atoms with Crippen molar-refractivity contribution in [2.45, 2.75) is 80.6 Å². The number of hydrogen-bond acceptors (Lipinski definition) is 11. The highest BCUT2D eigenvalue weighted by Crippen LogP contribution is 2.53. The maximum atomic E-state index is 13.6. The van der Waals surface area contributed by atoms with Gasteiger partial charge in [-0.1, -0.05) is 11.3 Å². The van der Waals surface area contributed by atoms with Gasteiger partial charge in [-0.05, 0) is 57.5 Å². The summed E-state index contributed by atoms with van der Waals surface area (Å²) in [5, 5.41) is 18.8. The third-order valence-corrected chi connectivity index (χ3v) is 11.4. The minimum atomic E-state index is -2.72. The number of nitrogens with one attached hydrogen (secondary N) is 1. The second-order valence-corrected chi connectivity index (χ2v) is 14.0. The lowest BCUT2D eigenvalue weighted by molar-refractivity contribution is 0.0250. The highest BCUT2D eigenvalue weighted by atomic mass is 32.2. The van der Waals surface area contributed by atoms with E-state index in [1.807, 2.05) is 30.4 Å². The number of pyridine rings is 1. The Balaban J connectivity index is 1.33. The second kappa shape index (κ2) is 10.0. The number of hydrogen-bond donors (Lipinski definition) is 2. The molecule has 2 unspecified atom stereocenters. The van der Waals surface area contributed by atoms with Crippen molar-refractivity contribution in [2.24, 2.45) is 5.41 Å². The van der Waals surface area contributed by atoms with Crippen LogP contribution in [0, 0.1) is 5.41 Å². The summed E-state index contributed by atoms with van der Waals surface area (Å²) in [5.41, 5.74) is 2.24. The van der Waals surface area contributed by atoms with Crippen LogP contribution in [0.25, 0.3) is 16.3 Å². The zero-order valence-electron chi connectivity index (χ0n) is 23.5. The van der Waals surface area contributed by atoms with E-state index in [9.17, 15) is 18.7 Å². The van der Waals surface area contributed by atoms with Crippen molar-refractivity contribution in [3.8, 4) is 10.7 Å². The summed E-state index contributed by atoms with van der Waals surface area (Å²) < 4.78 is 44.2. The molecule has 3 aromatic rings. The number of carbonyl (C=O) groups excluding carboxylic acids is 1. The number of halogens is 2. The molecule has 7 rings (SSSR count). The van der Waals surface area contributed by atoms with E-state index in [0.29, 0.717) is 53.7 Å². The molecule has 1 spiro atoms. The molecule has 224 valence electrons. The quantitative estimate of drug-likeness (QED) is 0.280. The number of anilines is 1. The Labute approximate surface area is 249 Å². The summed E-state index contributed by atoms with van der Waals surface area (Å²) in [4.78, 5) is 19.5. The van der Waals surface area contributed by atoms with Gasteiger partial charge in [-0.25, -0.2) is 23.3 Å². The number of piperidine rings is 1. The summed E-state index contributed by atoms with van der Waals surface area (Å²) in [6.45, 7) is 5.81. The van der Waals surface area contributed by atoms with Crippen LogP contribution < -0.4 is 9.62 Å². The van der Waals surface area contributed by atoms with Gasteiger partial charge in [0.2, 0.25) is 0 Å². The van der Waals surface area contributed by atoms with E-state index in [0.717, 1.165) is 47.6 Å². The van der Waals surface area contributed by atoms with Crippen LogP contribution >= 0.6 is 23.3 Å². The number of nitrogens with zero attached hydrogens (tertiary/aromatic N) is 5.